The second-order valence-electron chi connectivity index (χ2n) is 5.81. The van der Waals surface area contributed by atoms with E-state index in [1.165, 1.54) is 16.8 Å². The average Bonchev–Trinajstić information content (AvgIpc) is 2.76. The number of hydrogen-bond acceptors (Lipinski definition) is 4. The van der Waals surface area contributed by atoms with E-state index in [9.17, 15) is 13.2 Å². The number of carbonyl (C=O) groups is 1. The van der Waals surface area contributed by atoms with Crippen LogP contribution in [-0.2, 0) is 21.8 Å². The van der Waals surface area contributed by atoms with Crippen molar-refractivity contribution in [2.75, 3.05) is 20.3 Å². The zero-order chi connectivity index (χ0) is 16.3. The molecule has 1 aromatic rings. The van der Waals surface area contributed by atoms with Gasteiger partial charge in [-0.3, -0.25) is 4.79 Å². The van der Waals surface area contributed by atoms with Gasteiger partial charge in [-0.15, -0.1) is 0 Å². The average molecular weight is 317 g/mol. The van der Waals surface area contributed by atoms with Crippen molar-refractivity contribution in [3.63, 3.8) is 0 Å². The minimum atomic E-state index is -3.81. The summed E-state index contributed by atoms with van der Waals surface area (Å²) in [7, 11) is -0.581. The van der Waals surface area contributed by atoms with E-state index >= 15 is 0 Å². The minimum Gasteiger partial charge on any atom is -0.385 e. The molecular weight excluding hydrogens is 294 g/mol. The topological polar surface area (TPSA) is 103 Å². The van der Waals surface area contributed by atoms with Crippen LogP contribution in [0.4, 0.5) is 0 Å². The summed E-state index contributed by atoms with van der Waals surface area (Å²) in [6, 6.07) is 1.27. The number of primary sulfonamides is 1. The molecule has 1 amide bonds. The largest absolute Gasteiger partial charge is 0.385 e. The lowest BCUT2D eigenvalue weighted by atomic mass is 9.89. The molecular formula is C13H23N3O4S. The number of aromatic nitrogens is 1. The van der Waals surface area contributed by atoms with Gasteiger partial charge >= 0.3 is 0 Å². The molecule has 0 aliphatic carbocycles. The van der Waals surface area contributed by atoms with Gasteiger partial charge in [-0.1, -0.05) is 13.8 Å². The maximum absolute atomic E-state index is 12.1. The Labute approximate surface area is 125 Å². The van der Waals surface area contributed by atoms with Gasteiger partial charge in [0.15, 0.2) is 0 Å². The number of nitrogens with one attached hydrogen (secondary N) is 1. The van der Waals surface area contributed by atoms with E-state index in [4.69, 9.17) is 9.88 Å². The highest BCUT2D eigenvalue weighted by Crippen LogP contribution is 2.19. The quantitative estimate of drug-likeness (QED) is 0.762. The molecule has 0 fully saturated rings. The van der Waals surface area contributed by atoms with Crippen molar-refractivity contribution < 1.29 is 17.9 Å². The maximum atomic E-state index is 12.1. The van der Waals surface area contributed by atoms with Crippen molar-refractivity contribution in [1.82, 2.24) is 9.88 Å². The molecule has 0 atom stereocenters. The predicted octanol–water partition coefficient (Wildman–Crippen LogP) is 0.465. The summed E-state index contributed by atoms with van der Waals surface area (Å²) in [6.07, 6.45) is 2.12. The Bertz CT molecular complexity index is 605. The fraction of sp³-hybridized carbons (Fsp3) is 0.615. The lowest BCUT2D eigenvalue weighted by Crippen LogP contribution is -2.35. The number of rotatable bonds is 7. The summed E-state index contributed by atoms with van der Waals surface area (Å²) in [4.78, 5) is 12.1. The van der Waals surface area contributed by atoms with Crippen molar-refractivity contribution in [2.24, 2.45) is 17.6 Å². The first kappa shape index (κ1) is 17.7. The van der Waals surface area contributed by atoms with E-state index < -0.39 is 10.0 Å². The number of aryl methyl sites for hydroxylation is 1. The third-order valence-corrected chi connectivity index (χ3v) is 4.13. The molecule has 1 aromatic heterocycles. The summed E-state index contributed by atoms with van der Waals surface area (Å²) in [5, 5.41) is 7.85. The lowest BCUT2D eigenvalue weighted by molar-refractivity contribution is 0.0913. The Morgan fingerprint density at radius 2 is 2.10 bits per heavy atom. The first-order valence-electron chi connectivity index (χ1n) is 6.53. The SMILES string of the molecule is COCCC(C)(C)CNC(=O)c1cc(S(N)(=O)=O)cn1C. The molecule has 0 aliphatic heterocycles. The molecule has 0 aromatic carbocycles. The zero-order valence-corrected chi connectivity index (χ0v) is 13.7. The number of sulfonamides is 1. The fourth-order valence-corrected chi connectivity index (χ4v) is 2.37. The predicted molar refractivity (Wildman–Crippen MR) is 79.4 cm³/mol. The van der Waals surface area contributed by atoms with Gasteiger partial charge in [0, 0.05) is 33.5 Å². The van der Waals surface area contributed by atoms with Crippen molar-refractivity contribution in [2.45, 2.75) is 25.2 Å². The molecule has 0 saturated heterocycles. The molecule has 0 saturated carbocycles. The van der Waals surface area contributed by atoms with E-state index in [0.29, 0.717) is 13.2 Å². The Morgan fingerprint density at radius 1 is 1.48 bits per heavy atom. The van der Waals surface area contributed by atoms with Gasteiger partial charge in [0.25, 0.3) is 5.91 Å². The maximum Gasteiger partial charge on any atom is 0.267 e. The number of hydrogen-bond donors (Lipinski definition) is 2. The molecule has 3 N–H and O–H groups in total. The van der Waals surface area contributed by atoms with Crippen LogP contribution in [0.3, 0.4) is 0 Å². The van der Waals surface area contributed by atoms with Crippen LogP contribution in [-0.4, -0.2) is 39.2 Å². The van der Waals surface area contributed by atoms with Crippen LogP contribution in [0.15, 0.2) is 17.2 Å². The van der Waals surface area contributed by atoms with Crippen LogP contribution in [0, 0.1) is 5.41 Å². The third-order valence-electron chi connectivity index (χ3n) is 3.25. The Hall–Kier alpha value is -1.38. The summed E-state index contributed by atoms with van der Waals surface area (Å²) < 4.78 is 29.0. The molecule has 0 aliphatic rings. The number of amides is 1. The van der Waals surface area contributed by atoms with E-state index in [-0.39, 0.29) is 21.9 Å². The van der Waals surface area contributed by atoms with E-state index in [1.54, 1.807) is 14.2 Å². The van der Waals surface area contributed by atoms with Crippen LogP contribution >= 0.6 is 0 Å². The number of carbonyl (C=O) groups excluding carboxylic acids is 1. The van der Waals surface area contributed by atoms with E-state index in [2.05, 4.69) is 5.32 Å². The monoisotopic (exact) mass is 317 g/mol. The van der Waals surface area contributed by atoms with E-state index in [1.807, 2.05) is 13.8 Å². The summed E-state index contributed by atoms with van der Waals surface area (Å²) in [6.45, 7) is 5.12. The molecule has 120 valence electrons. The molecule has 8 heteroatoms. The molecule has 7 nitrogen and oxygen atoms in total. The summed E-state index contributed by atoms with van der Waals surface area (Å²) in [5.41, 5.74) is 0.140. The minimum absolute atomic E-state index is 0.0752. The molecule has 0 unspecified atom stereocenters. The van der Waals surface area contributed by atoms with Gasteiger partial charge in [0.05, 0.1) is 0 Å². The van der Waals surface area contributed by atoms with Crippen LogP contribution in [0.1, 0.15) is 30.8 Å². The van der Waals surface area contributed by atoms with Crippen LogP contribution in [0.2, 0.25) is 0 Å². The second-order valence-corrected chi connectivity index (χ2v) is 7.37. The van der Waals surface area contributed by atoms with Crippen LogP contribution in [0.25, 0.3) is 0 Å². The van der Waals surface area contributed by atoms with Gasteiger partial charge in [0.1, 0.15) is 10.6 Å². The zero-order valence-electron chi connectivity index (χ0n) is 12.8. The normalized spacial score (nSPS) is 12.4. The van der Waals surface area contributed by atoms with Crippen molar-refractivity contribution in [3.05, 3.63) is 18.0 Å². The summed E-state index contributed by atoms with van der Waals surface area (Å²) >= 11 is 0. The number of nitrogens with two attached hydrogens (primary N) is 1. The van der Waals surface area contributed by atoms with Crippen LogP contribution < -0.4 is 10.5 Å². The molecule has 0 radical (unpaired) electrons. The fourth-order valence-electron chi connectivity index (χ4n) is 1.79. The number of ether oxygens (including phenoxy) is 1. The first-order valence-corrected chi connectivity index (χ1v) is 8.08. The highest BCUT2D eigenvalue weighted by atomic mass is 32.2. The van der Waals surface area contributed by atoms with Gasteiger partial charge < -0.3 is 14.6 Å². The molecule has 0 spiro atoms. The van der Waals surface area contributed by atoms with Crippen LogP contribution in [0.5, 0.6) is 0 Å². The lowest BCUT2D eigenvalue weighted by Gasteiger charge is -2.24. The Kier molecular flexibility index (Phi) is 5.54. The Morgan fingerprint density at radius 3 is 2.57 bits per heavy atom. The van der Waals surface area contributed by atoms with Gasteiger partial charge in [0.2, 0.25) is 10.0 Å². The van der Waals surface area contributed by atoms with Gasteiger partial charge in [-0.2, -0.15) is 0 Å². The highest BCUT2D eigenvalue weighted by molar-refractivity contribution is 7.89. The number of methoxy groups -OCH3 is 1. The molecule has 1 rings (SSSR count). The third kappa shape index (κ3) is 5.14. The first-order chi connectivity index (χ1) is 9.57. The highest BCUT2D eigenvalue weighted by Gasteiger charge is 2.21. The van der Waals surface area contributed by atoms with E-state index in [0.717, 1.165) is 6.42 Å². The van der Waals surface area contributed by atoms with Gasteiger partial charge in [-0.25, -0.2) is 13.6 Å². The Balaban J connectivity index is 2.75. The molecule has 0 bridgehead atoms. The molecule has 1 heterocycles. The molecule has 21 heavy (non-hydrogen) atoms. The smallest absolute Gasteiger partial charge is 0.267 e. The second kappa shape index (κ2) is 6.59. The van der Waals surface area contributed by atoms with Crippen molar-refractivity contribution in [3.8, 4) is 0 Å². The van der Waals surface area contributed by atoms with Crippen molar-refractivity contribution in [1.29, 1.82) is 0 Å². The number of nitrogens with zero attached hydrogens (tertiary/aromatic N) is 1. The van der Waals surface area contributed by atoms with Gasteiger partial charge in [-0.05, 0) is 17.9 Å². The standard InChI is InChI=1S/C13H23N3O4S/c1-13(2,5-6-20-4)9-15-12(17)11-7-10(8-16(11)3)21(14,18)19/h7-8H,5-6,9H2,1-4H3,(H,15,17)(H2,14,18,19). The van der Waals surface area contributed by atoms with Crippen molar-refractivity contribution >= 4 is 15.9 Å². The summed E-state index contributed by atoms with van der Waals surface area (Å²) in [5.74, 6) is -0.335.